The summed E-state index contributed by atoms with van der Waals surface area (Å²) in [5, 5.41) is 14.6. The van der Waals surface area contributed by atoms with Gasteiger partial charge in [-0.2, -0.15) is 0 Å². The summed E-state index contributed by atoms with van der Waals surface area (Å²) in [7, 11) is 1.65. The second-order valence-electron chi connectivity index (χ2n) is 5.70. The van der Waals surface area contributed by atoms with E-state index in [9.17, 15) is 5.11 Å². The maximum atomic E-state index is 10.3. The van der Waals surface area contributed by atoms with Gasteiger partial charge in [-0.05, 0) is 12.1 Å². The van der Waals surface area contributed by atoms with Crippen molar-refractivity contribution in [2.75, 3.05) is 51.8 Å². The smallest absolute Gasteiger partial charge is 0.121 e. The third-order valence-electron chi connectivity index (χ3n) is 4.01. The number of aliphatic hydroxyl groups is 1. The molecule has 1 unspecified atom stereocenters. The standard InChI is InChI=1S/C17H23N3O3/c1-22-15-9-13-3-2-4-18-17(13)16(10-15)19-11-14(21)12-20-5-7-23-8-6-20/h2-4,9-10,14,19,21H,5-8,11-12H2,1H3. The Kier molecular flexibility index (Phi) is 5.27. The zero-order valence-electron chi connectivity index (χ0n) is 13.4. The number of hydrogen-bond donors (Lipinski definition) is 2. The van der Waals surface area contributed by atoms with Crippen molar-refractivity contribution in [1.29, 1.82) is 0 Å². The van der Waals surface area contributed by atoms with Crippen LogP contribution in [0.15, 0.2) is 30.5 Å². The number of nitrogens with zero attached hydrogens (tertiary/aromatic N) is 2. The topological polar surface area (TPSA) is 66.8 Å². The summed E-state index contributed by atoms with van der Waals surface area (Å²) in [5.74, 6) is 0.774. The van der Waals surface area contributed by atoms with Crippen molar-refractivity contribution in [3.05, 3.63) is 30.5 Å². The van der Waals surface area contributed by atoms with Gasteiger partial charge in [-0.1, -0.05) is 6.07 Å². The number of aliphatic hydroxyl groups excluding tert-OH is 1. The molecule has 0 amide bonds. The molecule has 0 saturated carbocycles. The molecule has 2 aromatic rings. The molecule has 1 aromatic heterocycles. The van der Waals surface area contributed by atoms with E-state index in [1.54, 1.807) is 13.3 Å². The zero-order chi connectivity index (χ0) is 16.1. The lowest BCUT2D eigenvalue weighted by atomic mass is 10.1. The Labute approximate surface area is 136 Å². The van der Waals surface area contributed by atoms with Gasteiger partial charge in [-0.3, -0.25) is 9.88 Å². The molecule has 124 valence electrons. The highest BCUT2D eigenvalue weighted by Gasteiger charge is 2.15. The molecule has 6 heteroatoms. The van der Waals surface area contributed by atoms with Crippen LogP contribution in [0.3, 0.4) is 0 Å². The van der Waals surface area contributed by atoms with Crippen molar-refractivity contribution < 1.29 is 14.6 Å². The van der Waals surface area contributed by atoms with E-state index in [0.29, 0.717) is 13.1 Å². The van der Waals surface area contributed by atoms with Gasteiger partial charge in [0, 0.05) is 43.8 Å². The third-order valence-corrected chi connectivity index (χ3v) is 4.01. The van der Waals surface area contributed by atoms with Crippen LogP contribution in [0.1, 0.15) is 0 Å². The fourth-order valence-electron chi connectivity index (χ4n) is 2.79. The number of fused-ring (bicyclic) bond motifs is 1. The Balaban J connectivity index is 1.66. The molecule has 6 nitrogen and oxygen atoms in total. The summed E-state index contributed by atoms with van der Waals surface area (Å²) in [6.45, 7) is 4.35. The summed E-state index contributed by atoms with van der Waals surface area (Å²) in [5.41, 5.74) is 1.76. The fraction of sp³-hybridized carbons (Fsp3) is 0.471. The van der Waals surface area contributed by atoms with Crippen LogP contribution < -0.4 is 10.1 Å². The average Bonchev–Trinajstić information content (AvgIpc) is 2.60. The molecule has 1 aliphatic rings. The molecule has 0 spiro atoms. The van der Waals surface area contributed by atoms with Crippen LogP contribution in [-0.2, 0) is 4.74 Å². The molecule has 1 saturated heterocycles. The minimum atomic E-state index is -0.446. The van der Waals surface area contributed by atoms with E-state index < -0.39 is 6.10 Å². The summed E-state index contributed by atoms with van der Waals surface area (Å²) in [4.78, 5) is 6.64. The lowest BCUT2D eigenvalue weighted by Gasteiger charge is -2.28. The molecular weight excluding hydrogens is 294 g/mol. The van der Waals surface area contributed by atoms with E-state index in [4.69, 9.17) is 9.47 Å². The van der Waals surface area contributed by atoms with Crippen LogP contribution in [0.5, 0.6) is 5.75 Å². The van der Waals surface area contributed by atoms with Crippen molar-refractivity contribution in [1.82, 2.24) is 9.88 Å². The first-order valence-corrected chi connectivity index (χ1v) is 7.91. The molecule has 0 radical (unpaired) electrons. The first-order chi connectivity index (χ1) is 11.3. The van der Waals surface area contributed by atoms with Gasteiger partial charge in [-0.15, -0.1) is 0 Å². The molecule has 0 aliphatic carbocycles. The van der Waals surface area contributed by atoms with Gasteiger partial charge in [0.15, 0.2) is 0 Å². The second-order valence-corrected chi connectivity index (χ2v) is 5.70. The molecule has 2 heterocycles. The Morgan fingerprint density at radius 3 is 3.00 bits per heavy atom. The van der Waals surface area contributed by atoms with Gasteiger partial charge >= 0.3 is 0 Å². The molecule has 1 atom stereocenters. The molecule has 2 N–H and O–H groups in total. The molecule has 1 aliphatic heterocycles. The van der Waals surface area contributed by atoms with E-state index in [0.717, 1.165) is 48.6 Å². The van der Waals surface area contributed by atoms with Crippen molar-refractivity contribution in [2.45, 2.75) is 6.10 Å². The van der Waals surface area contributed by atoms with Crippen LogP contribution in [0.4, 0.5) is 5.69 Å². The SMILES string of the molecule is COc1cc(NCC(O)CN2CCOCC2)c2ncccc2c1. The van der Waals surface area contributed by atoms with E-state index in [-0.39, 0.29) is 0 Å². The Morgan fingerprint density at radius 1 is 1.39 bits per heavy atom. The third kappa shape index (κ3) is 4.10. The average molecular weight is 317 g/mol. The summed E-state index contributed by atoms with van der Waals surface area (Å²) in [6, 6.07) is 7.77. The van der Waals surface area contributed by atoms with Crippen molar-refractivity contribution in [2.24, 2.45) is 0 Å². The number of ether oxygens (including phenoxy) is 2. The molecular formula is C17H23N3O3. The van der Waals surface area contributed by atoms with E-state index in [1.165, 1.54) is 0 Å². The van der Waals surface area contributed by atoms with Gasteiger partial charge in [0.05, 0.1) is 37.6 Å². The number of aromatic nitrogens is 1. The highest BCUT2D eigenvalue weighted by Crippen LogP contribution is 2.27. The van der Waals surface area contributed by atoms with Crippen molar-refractivity contribution in [3.8, 4) is 5.75 Å². The Morgan fingerprint density at radius 2 is 2.22 bits per heavy atom. The highest BCUT2D eigenvalue weighted by molar-refractivity contribution is 5.91. The van der Waals surface area contributed by atoms with Gasteiger partial charge in [0.1, 0.15) is 5.75 Å². The number of anilines is 1. The lowest BCUT2D eigenvalue weighted by molar-refractivity contribution is 0.0171. The normalized spacial score (nSPS) is 17.1. The monoisotopic (exact) mass is 317 g/mol. The van der Waals surface area contributed by atoms with Crippen molar-refractivity contribution >= 4 is 16.6 Å². The van der Waals surface area contributed by atoms with Crippen LogP contribution >= 0.6 is 0 Å². The van der Waals surface area contributed by atoms with E-state index >= 15 is 0 Å². The number of rotatable bonds is 6. The van der Waals surface area contributed by atoms with Crippen LogP contribution in [-0.4, -0.2) is 67.6 Å². The van der Waals surface area contributed by atoms with Crippen LogP contribution in [0, 0.1) is 0 Å². The Hall–Kier alpha value is -1.89. The Bertz CT molecular complexity index is 644. The van der Waals surface area contributed by atoms with Crippen LogP contribution in [0.2, 0.25) is 0 Å². The van der Waals surface area contributed by atoms with Crippen LogP contribution in [0.25, 0.3) is 10.9 Å². The molecule has 1 fully saturated rings. The molecule has 3 rings (SSSR count). The second kappa shape index (κ2) is 7.59. The van der Waals surface area contributed by atoms with Gasteiger partial charge < -0.3 is 19.9 Å². The van der Waals surface area contributed by atoms with Gasteiger partial charge in [-0.25, -0.2) is 0 Å². The summed E-state index contributed by atoms with van der Waals surface area (Å²) >= 11 is 0. The predicted octanol–water partition coefficient (Wildman–Crippen LogP) is 1.35. The minimum absolute atomic E-state index is 0.446. The first kappa shape index (κ1) is 16.0. The van der Waals surface area contributed by atoms with E-state index in [2.05, 4.69) is 15.2 Å². The number of morpholine rings is 1. The quantitative estimate of drug-likeness (QED) is 0.838. The fourth-order valence-corrected chi connectivity index (χ4v) is 2.79. The number of hydrogen-bond acceptors (Lipinski definition) is 6. The maximum Gasteiger partial charge on any atom is 0.121 e. The van der Waals surface area contributed by atoms with Gasteiger partial charge in [0.25, 0.3) is 0 Å². The van der Waals surface area contributed by atoms with Gasteiger partial charge in [0.2, 0.25) is 0 Å². The minimum Gasteiger partial charge on any atom is -0.497 e. The van der Waals surface area contributed by atoms with E-state index in [1.807, 2.05) is 24.3 Å². The number of methoxy groups -OCH3 is 1. The first-order valence-electron chi connectivity index (χ1n) is 7.91. The lowest BCUT2D eigenvalue weighted by Crippen LogP contribution is -2.42. The van der Waals surface area contributed by atoms with Crippen molar-refractivity contribution in [3.63, 3.8) is 0 Å². The summed E-state index contributed by atoms with van der Waals surface area (Å²) in [6.07, 6.45) is 1.32. The predicted molar refractivity (Wildman–Crippen MR) is 90.1 cm³/mol. The number of benzene rings is 1. The number of pyridine rings is 1. The number of nitrogens with one attached hydrogen (secondary N) is 1. The zero-order valence-corrected chi connectivity index (χ0v) is 13.4. The molecule has 1 aromatic carbocycles. The number of β-amino-alcohol motifs (C(OH)–C–C–N with tert-alkyl or cyclic N) is 1. The molecule has 0 bridgehead atoms. The molecule has 23 heavy (non-hydrogen) atoms. The maximum absolute atomic E-state index is 10.3. The highest BCUT2D eigenvalue weighted by atomic mass is 16.5. The summed E-state index contributed by atoms with van der Waals surface area (Å²) < 4.78 is 10.7. The largest absolute Gasteiger partial charge is 0.497 e.